The van der Waals surface area contributed by atoms with Gasteiger partial charge in [-0.2, -0.15) is 0 Å². The molecule has 0 bridgehead atoms. The van der Waals surface area contributed by atoms with Crippen LogP contribution in [-0.4, -0.2) is 16.1 Å². The molecule has 0 radical (unpaired) electrons. The average molecular weight is 323 g/mol. The molecule has 3 nitrogen and oxygen atoms in total. The third kappa shape index (κ3) is 3.66. The quantitative estimate of drug-likeness (QED) is 0.728. The lowest BCUT2D eigenvalue weighted by Gasteiger charge is -2.03. The lowest BCUT2D eigenvalue weighted by atomic mass is 10.1. The van der Waals surface area contributed by atoms with E-state index in [1.54, 1.807) is 0 Å². The minimum atomic E-state index is -0.847. The Morgan fingerprint density at radius 3 is 2.57 bits per heavy atom. The van der Waals surface area contributed by atoms with Crippen LogP contribution in [0.3, 0.4) is 0 Å². The van der Waals surface area contributed by atoms with Crippen LogP contribution < -0.4 is 0 Å². The number of rotatable bonds is 5. The Bertz CT molecular complexity index is 829. The van der Waals surface area contributed by atoms with Gasteiger partial charge < -0.3 is 5.11 Å². The van der Waals surface area contributed by atoms with Gasteiger partial charge in [0, 0.05) is 0 Å². The summed E-state index contributed by atoms with van der Waals surface area (Å²) in [6.07, 6.45) is 2.88. The second-order valence-corrected chi connectivity index (χ2v) is 6.35. The molecule has 4 heteroatoms. The molecule has 3 rings (SSSR count). The standard InChI is InChI=1S/C19H17NO2S/c1-2-13-7-9-14(10-8-13)11-15(12-18(21)22)19-20-16-5-3-4-6-17(16)23-19/h3-11H,2,12H2,1H3,(H,21,22). The average Bonchev–Trinajstić information content (AvgIpc) is 2.98. The van der Waals surface area contributed by atoms with Crippen LogP contribution in [-0.2, 0) is 11.2 Å². The number of benzene rings is 2. The molecule has 0 atom stereocenters. The van der Waals surface area contributed by atoms with Gasteiger partial charge in [0.15, 0.2) is 0 Å². The molecule has 0 amide bonds. The third-order valence-corrected chi connectivity index (χ3v) is 4.75. The first-order valence-corrected chi connectivity index (χ1v) is 8.34. The Morgan fingerprint density at radius 1 is 1.17 bits per heavy atom. The van der Waals surface area contributed by atoms with Crippen molar-refractivity contribution in [2.75, 3.05) is 0 Å². The number of carbonyl (C=O) groups is 1. The second-order valence-electron chi connectivity index (χ2n) is 5.32. The van der Waals surface area contributed by atoms with Crippen molar-refractivity contribution in [3.05, 3.63) is 64.7 Å². The Hall–Kier alpha value is -2.46. The third-order valence-electron chi connectivity index (χ3n) is 3.64. The predicted molar refractivity (Wildman–Crippen MR) is 95.6 cm³/mol. The molecule has 2 aromatic carbocycles. The molecular formula is C19H17NO2S. The lowest BCUT2D eigenvalue weighted by molar-refractivity contribution is -0.135. The molecule has 3 aromatic rings. The fourth-order valence-electron chi connectivity index (χ4n) is 2.41. The Balaban J connectivity index is 2.01. The minimum Gasteiger partial charge on any atom is -0.481 e. The summed E-state index contributed by atoms with van der Waals surface area (Å²) in [5, 5.41) is 9.99. The number of nitrogens with zero attached hydrogens (tertiary/aromatic N) is 1. The van der Waals surface area contributed by atoms with Crippen LogP contribution in [0.25, 0.3) is 21.9 Å². The maximum atomic E-state index is 11.2. The van der Waals surface area contributed by atoms with E-state index in [0.717, 1.165) is 32.8 Å². The van der Waals surface area contributed by atoms with E-state index in [4.69, 9.17) is 0 Å². The van der Waals surface area contributed by atoms with E-state index < -0.39 is 5.97 Å². The van der Waals surface area contributed by atoms with Crippen molar-refractivity contribution in [2.45, 2.75) is 19.8 Å². The molecule has 0 aliphatic heterocycles. The molecule has 0 spiro atoms. The number of aryl methyl sites for hydroxylation is 1. The van der Waals surface area contributed by atoms with Gasteiger partial charge in [-0.15, -0.1) is 11.3 Å². The predicted octanol–water partition coefficient (Wildman–Crippen LogP) is 4.87. The fourth-order valence-corrected chi connectivity index (χ4v) is 3.39. The van der Waals surface area contributed by atoms with Gasteiger partial charge in [0.1, 0.15) is 5.01 Å². The van der Waals surface area contributed by atoms with Gasteiger partial charge in [-0.25, -0.2) is 4.98 Å². The van der Waals surface area contributed by atoms with Crippen LogP contribution in [0.4, 0.5) is 0 Å². The van der Waals surface area contributed by atoms with Crippen molar-refractivity contribution in [3.63, 3.8) is 0 Å². The minimum absolute atomic E-state index is 0.0324. The highest BCUT2D eigenvalue weighted by molar-refractivity contribution is 7.19. The zero-order valence-electron chi connectivity index (χ0n) is 12.8. The lowest BCUT2D eigenvalue weighted by Crippen LogP contribution is -1.97. The Labute approximate surface area is 138 Å². The SMILES string of the molecule is CCc1ccc(C=C(CC(=O)O)c2nc3ccccc3s2)cc1. The van der Waals surface area contributed by atoms with Crippen LogP contribution in [0.15, 0.2) is 48.5 Å². The molecule has 116 valence electrons. The Kier molecular flexibility index (Phi) is 4.53. The summed E-state index contributed by atoms with van der Waals surface area (Å²) in [5.74, 6) is -0.847. The van der Waals surface area contributed by atoms with Crippen molar-refractivity contribution in [1.82, 2.24) is 4.98 Å². The number of para-hydroxylation sites is 1. The summed E-state index contributed by atoms with van der Waals surface area (Å²) >= 11 is 1.53. The molecule has 0 fully saturated rings. The zero-order chi connectivity index (χ0) is 16.2. The summed E-state index contributed by atoms with van der Waals surface area (Å²) < 4.78 is 1.07. The van der Waals surface area contributed by atoms with E-state index in [0.29, 0.717) is 0 Å². The second kappa shape index (κ2) is 6.75. The monoisotopic (exact) mass is 323 g/mol. The number of carboxylic acids is 1. The summed E-state index contributed by atoms with van der Waals surface area (Å²) in [6.45, 7) is 2.11. The fraction of sp³-hybridized carbons (Fsp3) is 0.158. The van der Waals surface area contributed by atoms with Crippen LogP contribution in [0.2, 0.25) is 0 Å². The van der Waals surface area contributed by atoms with Gasteiger partial charge in [-0.3, -0.25) is 4.79 Å². The molecule has 0 aliphatic carbocycles. The number of aliphatic carboxylic acids is 1. The maximum Gasteiger partial charge on any atom is 0.307 e. The van der Waals surface area contributed by atoms with Crippen LogP contribution in [0.5, 0.6) is 0 Å². The summed E-state index contributed by atoms with van der Waals surface area (Å²) in [7, 11) is 0. The summed E-state index contributed by atoms with van der Waals surface area (Å²) in [5.41, 5.74) is 3.91. The number of thiazole rings is 1. The van der Waals surface area contributed by atoms with E-state index >= 15 is 0 Å². The van der Waals surface area contributed by atoms with Crippen molar-refractivity contribution in [2.24, 2.45) is 0 Å². The summed E-state index contributed by atoms with van der Waals surface area (Å²) in [6, 6.07) is 16.0. The first-order chi connectivity index (χ1) is 11.2. The van der Waals surface area contributed by atoms with E-state index in [-0.39, 0.29) is 6.42 Å². The van der Waals surface area contributed by atoms with E-state index in [9.17, 15) is 9.90 Å². The molecule has 1 N–H and O–H groups in total. The van der Waals surface area contributed by atoms with Gasteiger partial charge in [-0.1, -0.05) is 43.3 Å². The number of hydrogen-bond acceptors (Lipinski definition) is 3. The van der Waals surface area contributed by atoms with Gasteiger partial charge in [-0.05, 0) is 41.3 Å². The molecule has 0 saturated heterocycles. The number of fused-ring (bicyclic) bond motifs is 1. The number of carboxylic acid groups (broad SMARTS) is 1. The Morgan fingerprint density at radius 2 is 1.91 bits per heavy atom. The van der Waals surface area contributed by atoms with E-state index in [2.05, 4.69) is 24.0 Å². The molecule has 1 aromatic heterocycles. The van der Waals surface area contributed by atoms with Crippen molar-refractivity contribution in [3.8, 4) is 0 Å². The molecule has 23 heavy (non-hydrogen) atoms. The number of aromatic nitrogens is 1. The van der Waals surface area contributed by atoms with E-state index in [1.165, 1.54) is 16.9 Å². The first-order valence-electron chi connectivity index (χ1n) is 7.53. The molecule has 1 heterocycles. The highest BCUT2D eigenvalue weighted by Gasteiger charge is 2.12. The van der Waals surface area contributed by atoms with Gasteiger partial charge >= 0.3 is 5.97 Å². The largest absolute Gasteiger partial charge is 0.481 e. The first kappa shape index (κ1) is 15.4. The molecule has 0 aliphatic rings. The van der Waals surface area contributed by atoms with Gasteiger partial charge in [0.2, 0.25) is 0 Å². The smallest absolute Gasteiger partial charge is 0.307 e. The van der Waals surface area contributed by atoms with Crippen molar-refractivity contribution < 1.29 is 9.90 Å². The van der Waals surface area contributed by atoms with Gasteiger partial charge in [0.25, 0.3) is 0 Å². The van der Waals surface area contributed by atoms with Gasteiger partial charge in [0.05, 0.1) is 16.6 Å². The zero-order valence-corrected chi connectivity index (χ0v) is 13.6. The van der Waals surface area contributed by atoms with E-state index in [1.807, 2.05) is 42.5 Å². The molecular weight excluding hydrogens is 306 g/mol. The van der Waals surface area contributed by atoms with Crippen LogP contribution in [0.1, 0.15) is 29.5 Å². The highest BCUT2D eigenvalue weighted by atomic mass is 32.1. The topological polar surface area (TPSA) is 50.2 Å². The highest BCUT2D eigenvalue weighted by Crippen LogP contribution is 2.30. The summed E-state index contributed by atoms with van der Waals surface area (Å²) in [4.78, 5) is 15.8. The molecule has 0 unspecified atom stereocenters. The van der Waals surface area contributed by atoms with Crippen molar-refractivity contribution >= 4 is 39.2 Å². The maximum absolute atomic E-state index is 11.2. The molecule has 0 saturated carbocycles. The van der Waals surface area contributed by atoms with Crippen molar-refractivity contribution in [1.29, 1.82) is 0 Å². The normalized spacial score (nSPS) is 11.8. The van der Waals surface area contributed by atoms with Crippen LogP contribution >= 0.6 is 11.3 Å². The number of hydrogen-bond donors (Lipinski definition) is 1. The van der Waals surface area contributed by atoms with Crippen LogP contribution in [0, 0.1) is 0 Å².